The first-order valence-electron chi connectivity index (χ1n) is 11.9. The molecule has 0 spiro atoms. The van der Waals surface area contributed by atoms with Gasteiger partial charge >= 0.3 is 12.1 Å². The molecule has 4 rings (SSSR count). The van der Waals surface area contributed by atoms with Gasteiger partial charge in [0.05, 0.1) is 0 Å². The molecule has 2 unspecified atom stereocenters. The van der Waals surface area contributed by atoms with Gasteiger partial charge < -0.3 is 20.5 Å². The molecule has 0 aromatic heterocycles. The number of fused-ring (bicyclic) bond motifs is 3. The van der Waals surface area contributed by atoms with Crippen LogP contribution in [0.15, 0.2) is 48.5 Å². The molecule has 180 valence electrons. The lowest BCUT2D eigenvalue weighted by molar-refractivity contribution is -0.138. The Morgan fingerprint density at radius 1 is 0.971 bits per heavy atom. The van der Waals surface area contributed by atoms with Crippen molar-refractivity contribution in [3.63, 3.8) is 0 Å². The van der Waals surface area contributed by atoms with Gasteiger partial charge in [-0.15, -0.1) is 0 Å². The standard InChI is InChI=1S/C27H32N2O5/c1-27(2,25(32)28-15-18-12-11-17(13-18)14-24(30)31)29-26(33)34-16-23-21-9-5-3-7-19(21)20-8-4-6-10-22(20)23/h3-10,17-18,23H,11-16H2,1-2H3,(H,28,32)(H,29,33)(H,30,31). The van der Waals surface area contributed by atoms with E-state index in [-0.39, 0.29) is 36.7 Å². The summed E-state index contributed by atoms with van der Waals surface area (Å²) in [4.78, 5) is 36.2. The second-order valence-corrected chi connectivity index (χ2v) is 9.93. The van der Waals surface area contributed by atoms with E-state index in [0.29, 0.717) is 6.54 Å². The van der Waals surface area contributed by atoms with Crippen LogP contribution in [0.3, 0.4) is 0 Å². The number of rotatable bonds is 8. The minimum Gasteiger partial charge on any atom is -0.481 e. The molecule has 0 aliphatic heterocycles. The maximum atomic E-state index is 12.7. The van der Waals surface area contributed by atoms with E-state index in [4.69, 9.17) is 9.84 Å². The van der Waals surface area contributed by atoms with Gasteiger partial charge in [-0.25, -0.2) is 4.79 Å². The SMILES string of the molecule is CC(C)(NC(=O)OCC1c2ccccc2-c2ccccc21)C(=O)NCC1CCC(CC(=O)O)C1. The van der Waals surface area contributed by atoms with E-state index in [1.807, 2.05) is 24.3 Å². The molecule has 2 aliphatic rings. The van der Waals surface area contributed by atoms with Gasteiger partial charge in [0.1, 0.15) is 12.1 Å². The smallest absolute Gasteiger partial charge is 0.408 e. The van der Waals surface area contributed by atoms with Crippen LogP contribution in [0, 0.1) is 11.8 Å². The van der Waals surface area contributed by atoms with Crippen molar-refractivity contribution in [3.05, 3.63) is 59.7 Å². The first-order valence-corrected chi connectivity index (χ1v) is 11.9. The topological polar surface area (TPSA) is 105 Å². The highest BCUT2D eigenvalue weighted by Gasteiger charge is 2.33. The van der Waals surface area contributed by atoms with Crippen molar-refractivity contribution in [2.24, 2.45) is 11.8 Å². The lowest BCUT2D eigenvalue weighted by Crippen LogP contribution is -2.55. The third-order valence-corrected chi connectivity index (χ3v) is 6.99. The number of benzene rings is 2. The minimum absolute atomic E-state index is 0.0452. The van der Waals surface area contributed by atoms with Crippen molar-refractivity contribution >= 4 is 18.0 Å². The van der Waals surface area contributed by atoms with Crippen molar-refractivity contribution in [2.45, 2.75) is 51.0 Å². The van der Waals surface area contributed by atoms with Gasteiger partial charge in [-0.3, -0.25) is 9.59 Å². The van der Waals surface area contributed by atoms with Crippen LogP contribution in [0.5, 0.6) is 0 Å². The predicted octanol–water partition coefficient (Wildman–Crippen LogP) is 4.31. The number of carbonyl (C=O) groups excluding carboxylic acids is 2. The molecule has 1 saturated carbocycles. The number of aliphatic carboxylic acids is 1. The van der Waals surface area contributed by atoms with Crippen molar-refractivity contribution in [1.29, 1.82) is 0 Å². The third-order valence-electron chi connectivity index (χ3n) is 6.99. The molecule has 2 amide bonds. The third kappa shape index (κ3) is 5.24. The second kappa shape index (κ2) is 9.87. The van der Waals surface area contributed by atoms with Gasteiger partial charge in [-0.2, -0.15) is 0 Å². The van der Waals surface area contributed by atoms with Crippen LogP contribution in [0.2, 0.25) is 0 Å². The van der Waals surface area contributed by atoms with Gasteiger partial charge in [0.15, 0.2) is 0 Å². The van der Waals surface area contributed by atoms with E-state index in [0.717, 1.165) is 41.5 Å². The zero-order valence-corrected chi connectivity index (χ0v) is 19.7. The van der Waals surface area contributed by atoms with Crippen LogP contribution >= 0.6 is 0 Å². The molecule has 7 nitrogen and oxygen atoms in total. The van der Waals surface area contributed by atoms with E-state index in [9.17, 15) is 14.4 Å². The summed E-state index contributed by atoms with van der Waals surface area (Å²) in [5, 5.41) is 14.6. The first-order chi connectivity index (χ1) is 16.2. The Balaban J connectivity index is 1.28. The number of nitrogens with one attached hydrogen (secondary N) is 2. The Morgan fingerprint density at radius 3 is 2.18 bits per heavy atom. The molecule has 0 radical (unpaired) electrons. The van der Waals surface area contributed by atoms with Crippen LogP contribution in [0.1, 0.15) is 56.6 Å². The van der Waals surface area contributed by atoms with Crippen molar-refractivity contribution in [2.75, 3.05) is 13.2 Å². The van der Waals surface area contributed by atoms with Gasteiger partial charge in [-0.05, 0) is 67.2 Å². The van der Waals surface area contributed by atoms with Gasteiger partial charge in [-0.1, -0.05) is 48.5 Å². The van der Waals surface area contributed by atoms with Crippen molar-refractivity contribution in [3.8, 4) is 11.1 Å². The molecular formula is C27H32N2O5. The minimum atomic E-state index is -1.14. The highest BCUT2D eigenvalue weighted by atomic mass is 16.5. The van der Waals surface area contributed by atoms with E-state index in [1.165, 1.54) is 0 Å². The zero-order valence-electron chi connectivity index (χ0n) is 19.7. The van der Waals surface area contributed by atoms with Crippen LogP contribution in [0.25, 0.3) is 11.1 Å². The molecule has 2 aromatic carbocycles. The van der Waals surface area contributed by atoms with E-state index < -0.39 is 17.6 Å². The maximum absolute atomic E-state index is 12.7. The van der Waals surface area contributed by atoms with Crippen molar-refractivity contribution < 1.29 is 24.2 Å². The van der Waals surface area contributed by atoms with Gasteiger partial charge in [0.2, 0.25) is 5.91 Å². The number of hydrogen-bond donors (Lipinski definition) is 3. The summed E-state index contributed by atoms with van der Waals surface area (Å²) in [6, 6.07) is 16.3. The molecule has 2 aliphatic carbocycles. The summed E-state index contributed by atoms with van der Waals surface area (Å²) in [5.74, 6) is -0.674. The summed E-state index contributed by atoms with van der Waals surface area (Å²) < 4.78 is 5.57. The summed E-state index contributed by atoms with van der Waals surface area (Å²) in [6.45, 7) is 3.95. The van der Waals surface area contributed by atoms with E-state index >= 15 is 0 Å². The molecule has 34 heavy (non-hydrogen) atoms. The van der Waals surface area contributed by atoms with Crippen LogP contribution in [0.4, 0.5) is 4.79 Å². The normalized spacial score (nSPS) is 19.2. The molecule has 0 saturated heterocycles. The molecular weight excluding hydrogens is 432 g/mol. The number of carboxylic acid groups (broad SMARTS) is 1. The summed E-state index contributed by atoms with van der Waals surface area (Å²) >= 11 is 0. The number of carbonyl (C=O) groups is 3. The van der Waals surface area contributed by atoms with Gasteiger partial charge in [0.25, 0.3) is 0 Å². The fraction of sp³-hybridized carbons (Fsp3) is 0.444. The monoisotopic (exact) mass is 464 g/mol. The maximum Gasteiger partial charge on any atom is 0.408 e. The van der Waals surface area contributed by atoms with Crippen LogP contribution < -0.4 is 10.6 Å². The van der Waals surface area contributed by atoms with E-state index in [1.54, 1.807) is 13.8 Å². The predicted molar refractivity (Wildman–Crippen MR) is 128 cm³/mol. The number of hydrogen-bond acceptors (Lipinski definition) is 4. The lowest BCUT2D eigenvalue weighted by Gasteiger charge is -2.26. The Labute approximate surface area is 199 Å². The molecule has 2 atom stereocenters. The number of carboxylic acids is 1. The number of alkyl carbamates (subject to hydrolysis) is 1. The number of ether oxygens (including phenoxy) is 1. The van der Waals surface area contributed by atoms with Crippen LogP contribution in [-0.2, 0) is 14.3 Å². The van der Waals surface area contributed by atoms with Crippen molar-refractivity contribution in [1.82, 2.24) is 10.6 Å². The highest BCUT2D eigenvalue weighted by molar-refractivity contribution is 5.89. The van der Waals surface area contributed by atoms with Crippen LogP contribution in [-0.4, -0.2) is 41.8 Å². The highest BCUT2D eigenvalue weighted by Crippen LogP contribution is 2.44. The first kappa shape index (κ1) is 23.8. The average Bonchev–Trinajstić information content (AvgIpc) is 3.37. The fourth-order valence-electron chi connectivity index (χ4n) is 5.20. The Hall–Kier alpha value is -3.35. The molecule has 0 heterocycles. The molecule has 7 heteroatoms. The molecule has 1 fully saturated rings. The summed E-state index contributed by atoms with van der Waals surface area (Å²) in [5.41, 5.74) is 3.44. The average molecular weight is 465 g/mol. The Morgan fingerprint density at radius 2 is 1.56 bits per heavy atom. The summed E-state index contributed by atoms with van der Waals surface area (Å²) in [6.07, 6.45) is 2.11. The molecule has 2 aromatic rings. The molecule has 3 N–H and O–H groups in total. The zero-order chi connectivity index (χ0) is 24.3. The largest absolute Gasteiger partial charge is 0.481 e. The Kier molecular flexibility index (Phi) is 6.91. The quantitative estimate of drug-likeness (QED) is 0.540. The van der Waals surface area contributed by atoms with Gasteiger partial charge in [0, 0.05) is 18.9 Å². The summed E-state index contributed by atoms with van der Waals surface area (Å²) in [7, 11) is 0. The lowest BCUT2D eigenvalue weighted by atomic mass is 9.98. The molecule has 0 bridgehead atoms. The second-order valence-electron chi connectivity index (χ2n) is 9.93. The Bertz CT molecular complexity index is 1030. The number of amides is 2. The fourth-order valence-corrected chi connectivity index (χ4v) is 5.20. The van der Waals surface area contributed by atoms with E-state index in [2.05, 4.69) is 34.9 Å².